The molecule has 2 heterocycles. The summed E-state index contributed by atoms with van der Waals surface area (Å²) in [7, 11) is 1.37. The molecule has 1 aliphatic carbocycles. The number of thiazole rings is 1. The normalized spacial score (nSPS) is 20.3. The van der Waals surface area contributed by atoms with E-state index in [0.29, 0.717) is 5.13 Å². The maximum Gasteiger partial charge on any atom is 0.310 e. The van der Waals surface area contributed by atoms with Crippen LogP contribution >= 0.6 is 11.3 Å². The van der Waals surface area contributed by atoms with Crippen molar-refractivity contribution in [1.29, 1.82) is 0 Å². The summed E-state index contributed by atoms with van der Waals surface area (Å²) in [4.78, 5) is 29.9. The molecule has 27 heavy (non-hydrogen) atoms. The van der Waals surface area contributed by atoms with Crippen LogP contribution in [-0.4, -0.2) is 37.1 Å². The Morgan fingerprint density at radius 2 is 2.04 bits per heavy atom. The van der Waals surface area contributed by atoms with Crippen LogP contribution in [0.4, 0.5) is 5.13 Å². The summed E-state index contributed by atoms with van der Waals surface area (Å²) >= 11 is 1.35. The second-order valence-corrected chi connectivity index (χ2v) is 8.35. The highest BCUT2D eigenvalue weighted by Crippen LogP contribution is 2.58. The number of aromatic nitrogens is 1. The summed E-state index contributed by atoms with van der Waals surface area (Å²) in [6.07, 6.45) is 3.23. The predicted octanol–water partition coefficient (Wildman–Crippen LogP) is 2.85. The number of hydrogen-bond acceptors (Lipinski definition) is 6. The van der Waals surface area contributed by atoms with Crippen molar-refractivity contribution in [3.8, 4) is 11.3 Å². The molecule has 1 aliphatic heterocycles. The van der Waals surface area contributed by atoms with Crippen LogP contribution in [0, 0.1) is 11.3 Å². The summed E-state index contributed by atoms with van der Waals surface area (Å²) in [5.41, 5.74) is 1.84. The molecule has 6 nitrogen and oxygen atoms in total. The Balaban J connectivity index is 1.53. The molecule has 1 aromatic heterocycles. The van der Waals surface area contributed by atoms with Crippen molar-refractivity contribution in [2.75, 3.05) is 25.5 Å². The minimum absolute atomic E-state index is 0.0508. The Labute approximate surface area is 162 Å². The Bertz CT molecular complexity index is 843. The molecule has 1 atom stereocenters. The van der Waals surface area contributed by atoms with E-state index in [1.54, 1.807) is 0 Å². The van der Waals surface area contributed by atoms with Crippen molar-refractivity contribution < 1.29 is 14.3 Å². The zero-order valence-corrected chi connectivity index (χ0v) is 16.1. The monoisotopic (exact) mass is 385 g/mol. The van der Waals surface area contributed by atoms with Crippen LogP contribution in [0.3, 0.4) is 0 Å². The number of rotatable bonds is 5. The van der Waals surface area contributed by atoms with E-state index in [0.717, 1.165) is 48.5 Å². The average molecular weight is 385 g/mol. The molecule has 1 aromatic carbocycles. The van der Waals surface area contributed by atoms with Gasteiger partial charge in [-0.15, -0.1) is 11.3 Å². The lowest BCUT2D eigenvalue weighted by molar-refractivity contribution is -0.139. The number of amides is 1. The first-order valence-electron chi connectivity index (χ1n) is 9.25. The van der Waals surface area contributed by atoms with Crippen LogP contribution in [0.25, 0.3) is 11.3 Å². The molecule has 142 valence electrons. The molecule has 2 fully saturated rings. The van der Waals surface area contributed by atoms with Gasteiger partial charge in [-0.2, -0.15) is 0 Å². The third-order valence-electron chi connectivity index (χ3n) is 5.61. The lowest BCUT2D eigenvalue weighted by Crippen LogP contribution is -2.31. The van der Waals surface area contributed by atoms with E-state index >= 15 is 0 Å². The van der Waals surface area contributed by atoms with Gasteiger partial charge < -0.3 is 15.4 Å². The minimum Gasteiger partial charge on any atom is -0.469 e. The van der Waals surface area contributed by atoms with Gasteiger partial charge >= 0.3 is 5.97 Å². The van der Waals surface area contributed by atoms with Crippen molar-refractivity contribution >= 4 is 28.3 Å². The third kappa shape index (κ3) is 3.75. The maximum absolute atomic E-state index is 12.7. The first-order valence-corrected chi connectivity index (χ1v) is 10.1. The van der Waals surface area contributed by atoms with Crippen LogP contribution in [0.5, 0.6) is 0 Å². The van der Waals surface area contributed by atoms with Gasteiger partial charge in [-0.05, 0) is 37.8 Å². The Kier molecular flexibility index (Phi) is 4.97. The van der Waals surface area contributed by atoms with E-state index in [1.165, 1.54) is 18.4 Å². The quantitative estimate of drug-likeness (QED) is 0.774. The largest absolute Gasteiger partial charge is 0.469 e. The van der Waals surface area contributed by atoms with E-state index in [-0.39, 0.29) is 29.6 Å². The van der Waals surface area contributed by atoms with Gasteiger partial charge in [0.05, 0.1) is 19.2 Å². The highest BCUT2D eigenvalue weighted by molar-refractivity contribution is 7.16. The average Bonchev–Trinajstić information content (AvgIpc) is 3.24. The van der Waals surface area contributed by atoms with Gasteiger partial charge in [-0.25, -0.2) is 4.98 Å². The molecule has 1 saturated heterocycles. The van der Waals surface area contributed by atoms with Gasteiger partial charge in [0.15, 0.2) is 5.13 Å². The van der Waals surface area contributed by atoms with Crippen molar-refractivity contribution in [1.82, 2.24) is 10.3 Å². The van der Waals surface area contributed by atoms with E-state index in [9.17, 15) is 9.59 Å². The third-order valence-corrected chi connectivity index (χ3v) is 6.58. The number of carbonyl (C=O) groups is 2. The molecule has 1 amide bonds. The van der Waals surface area contributed by atoms with Gasteiger partial charge in [0.25, 0.3) is 0 Å². The van der Waals surface area contributed by atoms with Gasteiger partial charge in [0.1, 0.15) is 0 Å². The van der Waals surface area contributed by atoms with Gasteiger partial charge in [0.2, 0.25) is 5.91 Å². The fourth-order valence-corrected chi connectivity index (χ4v) is 4.91. The molecule has 0 radical (unpaired) electrons. The lowest BCUT2D eigenvalue weighted by atomic mass is 9.92. The van der Waals surface area contributed by atoms with E-state index in [4.69, 9.17) is 4.74 Å². The van der Waals surface area contributed by atoms with Crippen molar-refractivity contribution in [3.63, 3.8) is 0 Å². The topological polar surface area (TPSA) is 80.3 Å². The highest BCUT2D eigenvalue weighted by atomic mass is 32.1. The summed E-state index contributed by atoms with van der Waals surface area (Å²) < 4.78 is 4.81. The van der Waals surface area contributed by atoms with Gasteiger partial charge in [0, 0.05) is 16.4 Å². The molecule has 7 heteroatoms. The molecular formula is C20H23N3O3S. The van der Waals surface area contributed by atoms with Crippen molar-refractivity contribution in [2.24, 2.45) is 11.3 Å². The molecule has 1 saturated carbocycles. The van der Waals surface area contributed by atoms with Crippen molar-refractivity contribution in [3.05, 3.63) is 35.2 Å². The summed E-state index contributed by atoms with van der Waals surface area (Å²) in [5, 5.41) is 6.90. The number of nitrogens with one attached hydrogen (secondary N) is 2. The minimum atomic E-state index is -0.315. The number of esters is 1. The van der Waals surface area contributed by atoms with E-state index in [1.807, 2.05) is 30.3 Å². The summed E-state index contributed by atoms with van der Waals surface area (Å²) in [6, 6.07) is 9.70. The standard InChI is InChI=1S/C20H23N3O3S/c1-26-16(24)11-15-17(13-5-3-2-4-6-13)22-19(27-15)23-18(25)14-12-20(14)7-9-21-10-8-20/h2-6,14,21H,7-12H2,1H3,(H,22,23,25). The number of benzene rings is 1. The molecule has 1 spiro atoms. The Morgan fingerprint density at radius 1 is 1.30 bits per heavy atom. The van der Waals surface area contributed by atoms with Crippen LogP contribution < -0.4 is 10.6 Å². The zero-order valence-electron chi connectivity index (χ0n) is 15.3. The van der Waals surface area contributed by atoms with Crippen LogP contribution in [0.1, 0.15) is 24.1 Å². The molecule has 2 aliphatic rings. The molecular weight excluding hydrogens is 362 g/mol. The second-order valence-electron chi connectivity index (χ2n) is 7.27. The number of anilines is 1. The molecule has 2 N–H and O–H groups in total. The number of hydrogen-bond donors (Lipinski definition) is 2. The molecule has 0 bridgehead atoms. The van der Waals surface area contributed by atoms with E-state index in [2.05, 4.69) is 15.6 Å². The SMILES string of the molecule is COC(=O)Cc1sc(NC(=O)C2CC23CCNCC3)nc1-c1ccccc1. The van der Waals surface area contributed by atoms with Gasteiger partial charge in [-0.1, -0.05) is 30.3 Å². The van der Waals surface area contributed by atoms with Crippen LogP contribution in [0.15, 0.2) is 30.3 Å². The molecule has 1 unspecified atom stereocenters. The highest BCUT2D eigenvalue weighted by Gasteiger charge is 2.57. The number of piperidine rings is 1. The number of nitrogens with zero attached hydrogens (tertiary/aromatic N) is 1. The smallest absolute Gasteiger partial charge is 0.310 e. The zero-order chi connectivity index (χ0) is 18.9. The second kappa shape index (κ2) is 7.40. The Morgan fingerprint density at radius 3 is 2.74 bits per heavy atom. The number of ether oxygens (including phenoxy) is 1. The predicted molar refractivity (Wildman–Crippen MR) is 105 cm³/mol. The first kappa shape index (κ1) is 18.1. The van der Waals surface area contributed by atoms with Crippen LogP contribution in [-0.2, 0) is 20.7 Å². The Hall–Kier alpha value is -2.25. The number of carbonyl (C=O) groups excluding carboxylic acids is 2. The number of methoxy groups -OCH3 is 1. The van der Waals surface area contributed by atoms with E-state index < -0.39 is 0 Å². The fourth-order valence-electron chi connectivity index (χ4n) is 3.94. The van der Waals surface area contributed by atoms with Crippen LogP contribution in [0.2, 0.25) is 0 Å². The fraction of sp³-hybridized carbons (Fsp3) is 0.450. The lowest BCUT2D eigenvalue weighted by Gasteiger charge is -2.22. The molecule has 2 aromatic rings. The first-order chi connectivity index (χ1) is 13.1. The summed E-state index contributed by atoms with van der Waals surface area (Å²) in [6.45, 7) is 1.98. The summed E-state index contributed by atoms with van der Waals surface area (Å²) in [5.74, 6) is -0.188. The molecule has 4 rings (SSSR count). The van der Waals surface area contributed by atoms with Crippen molar-refractivity contribution in [2.45, 2.75) is 25.7 Å². The van der Waals surface area contributed by atoms with Gasteiger partial charge in [-0.3, -0.25) is 9.59 Å². The maximum atomic E-state index is 12.7.